The summed E-state index contributed by atoms with van der Waals surface area (Å²) in [5.74, 6) is 2.09. The molecule has 1 aliphatic rings. The van der Waals surface area contributed by atoms with Crippen LogP contribution in [0.3, 0.4) is 0 Å². The molecule has 1 nitrogen and oxygen atoms in total. The van der Waals surface area contributed by atoms with Gasteiger partial charge in [0.15, 0.2) is 6.20 Å². The minimum Gasteiger partial charge on any atom is -0.201 e. The first kappa shape index (κ1) is 16.2. The summed E-state index contributed by atoms with van der Waals surface area (Å²) in [6.45, 7) is 11.5. The Bertz CT molecular complexity index is 727. The number of aryl methyl sites for hydroxylation is 2. The minimum atomic E-state index is 0.685. The van der Waals surface area contributed by atoms with Crippen molar-refractivity contribution in [1.82, 2.24) is 0 Å². The van der Waals surface area contributed by atoms with E-state index in [1.54, 1.807) is 11.1 Å². The zero-order valence-corrected chi connectivity index (χ0v) is 15.5. The summed E-state index contributed by atoms with van der Waals surface area (Å²) in [6, 6.07) is 9.49. The first-order valence-electron chi connectivity index (χ1n) is 9.00. The highest BCUT2D eigenvalue weighted by molar-refractivity contribution is 5.65. The predicted octanol–water partition coefficient (Wildman–Crippen LogP) is 5.30. The summed E-state index contributed by atoms with van der Waals surface area (Å²) in [5.41, 5.74) is 8.67. The molecule has 0 aliphatic heterocycles. The SMILES string of the molecule is Cc1cc2c(cc1-c1ccc(CC(C)C)c[n+]1C)C(C)CC2C. The molecule has 0 N–H and O–H groups in total. The van der Waals surface area contributed by atoms with Gasteiger partial charge in [0.1, 0.15) is 7.05 Å². The van der Waals surface area contributed by atoms with Crippen LogP contribution in [-0.4, -0.2) is 0 Å². The average molecular weight is 308 g/mol. The van der Waals surface area contributed by atoms with E-state index in [0.717, 1.165) is 6.42 Å². The van der Waals surface area contributed by atoms with Crippen LogP contribution in [0.4, 0.5) is 0 Å². The Hall–Kier alpha value is -1.63. The van der Waals surface area contributed by atoms with Gasteiger partial charge >= 0.3 is 0 Å². The summed E-state index contributed by atoms with van der Waals surface area (Å²) in [6.07, 6.45) is 4.73. The number of hydrogen-bond donors (Lipinski definition) is 0. The molecule has 1 heteroatoms. The van der Waals surface area contributed by atoms with Gasteiger partial charge in [-0.15, -0.1) is 0 Å². The lowest BCUT2D eigenvalue weighted by molar-refractivity contribution is -0.660. The van der Waals surface area contributed by atoms with E-state index >= 15 is 0 Å². The van der Waals surface area contributed by atoms with E-state index in [4.69, 9.17) is 0 Å². The van der Waals surface area contributed by atoms with Gasteiger partial charge in [-0.1, -0.05) is 33.8 Å². The monoisotopic (exact) mass is 308 g/mol. The molecule has 0 spiro atoms. The highest BCUT2D eigenvalue weighted by Crippen LogP contribution is 2.43. The van der Waals surface area contributed by atoms with Crippen LogP contribution in [0.25, 0.3) is 11.3 Å². The van der Waals surface area contributed by atoms with Gasteiger partial charge in [0.2, 0.25) is 5.69 Å². The largest absolute Gasteiger partial charge is 0.212 e. The summed E-state index contributed by atoms with van der Waals surface area (Å²) in [7, 11) is 2.18. The van der Waals surface area contributed by atoms with Crippen LogP contribution in [0.2, 0.25) is 0 Å². The lowest BCUT2D eigenvalue weighted by Gasteiger charge is -2.12. The van der Waals surface area contributed by atoms with Crippen molar-refractivity contribution < 1.29 is 4.57 Å². The number of fused-ring (bicyclic) bond motifs is 1. The van der Waals surface area contributed by atoms with E-state index < -0.39 is 0 Å². The van der Waals surface area contributed by atoms with E-state index in [9.17, 15) is 0 Å². The van der Waals surface area contributed by atoms with Crippen LogP contribution < -0.4 is 4.57 Å². The van der Waals surface area contributed by atoms with Gasteiger partial charge in [-0.05, 0) is 66.3 Å². The Morgan fingerprint density at radius 3 is 2.35 bits per heavy atom. The summed E-state index contributed by atoms with van der Waals surface area (Å²) in [4.78, 5) is 0. The smallest absolute Gasteiger partial charge is 0.201 e. The third kappa shape index (κ3) is 3.06. The highest BCUT2D eigenvalue weighted by atomic mass is 14.9. The molecular formula is C22H30N+. The van der Waals surface area contributed by atoms with Crippen molar-refractivity contribution in [3.05, 3.63) is 52.7 Å². The predicted molar refractivity (Wildman–Crippen MR) is 97.8 cm³/mol. The second kappa shape index (κ2) is 6.11. The van der Waals surface area contributed by atoms with Crippen molar-refractivity contribution in [1.29, 1.82) is 0 Å². The molecule has 0 amide bonds. The number of hydrogen-bond acceptors (Lipinski definition) is 0. The zero-order chi connectivity index (χ0) is 16.7. The molecule has 0 radical (unpaired) electrons. The second-order valence-corrected chi connectivity index (χ2v) is 7.97. The van der Waals surface area contributed by atoms with Crippen molar-refractivity contribution in [2.45, 2.75) is 59.3 Å². The van der Waals surface area contributed by atoms with Crippen molar-refractivity contribution >= 4 is 0 Å². The number of nitrogens with zero attached hydrogens (tertiary/aromatic N) is 1. The van der Waals surface area contributed by atoms with Crippen molar-refractivity contribution in [2.75, 3.05) is 0 Å². The third-order valence-electron chi connectivity index (χ3n) is 5.31. The molecule has 3 rings (SSSR count). The molecule has 1 aromatic carbocycles. The van der Waals surface area contributed by atoms with E-state index in [2.05, 4.69) is 76.7 Å². The fraction of sp³-hybridized carbons (Fsp3) is 0.500. The Kier molecular flexibility index (Phi) is 4.31. The molecule has 122 valence electrons. The first-order chi connectivity index (χ1) is 10.9. The van der Waals surface area contributed by atoms with Gasteiger partial charge in [-0.3, -0.25) is 0 Å². The van der Waals surface area contributed by atoms with Gasteiger partial charge in [0, 0.05) is 17.2 Å². The summed E-state index contributed by atoms with van der Waals surface area (Å²) in [5, 5.41) is 0. The zero-order valence-electron chi connectivity index (χ0n) is 15.5. The van der Waals surface area contributed by atoms with E-state index in [1.165, 1.54) is 28.8 Å². The van der Waals surface area contributed by atoms with Crippen molar-refractivity contribution in [3.63, 3.8) is 0 Å². The minimum absolute atomic E-state index is 0.685. The molecule has 0 saturated heterocycles. The van der Waals surface area contributed by atoms with Gasteiger partial charge in [0.25, 0.3) is 0 Å². The lowest BCUT2D eigenvalue weighted by atomic mass is 9.94. The molecule has 1 aromatic heterocycles. The molecular weight excluding hydrogens is 278 g/mol. The number of aromatic nitrogens is 1. The standard InChI is InChI=1S/C22H30N/c1-14(2)9-18-7-8-22(23(6)13-18)21-12-20-16(4)10-15(3)19(20)11-17(21)5/h7-8,11-16H,9-10H2,1-6H3/q+1. The number of benzene rings is 1. The van der Waals surface area contributed by atoms with Gasteiger partial charge in [0.05, 0.1) is 0 Å². The van der Waals surface area contributed by atoms with Crippen LogP contribution in [0.1, 0.15) is 68.2 Å². The molecule has 1 heterocycles. The molecule has 2 atom stereocenters. The summed E-state index contributed by atoms with van der Waals surface area (Å²) >= 11 is 0. The Morgan fingerprint density at radius 2 is 1.74 bits per heavy atom. The molecule has 1 aliphatic carbocycles. The fourth-order valence-electron chi connectivity index (χ4n) is 4.20. The maximum absolute atomic E-state index is 2.45. The van der Waals surface area contributed by atoms with Crippen LogP contribution >= 0.6 is 0 Å². The van der Waals surface area contributed by atoms with Gasteiger partial charge < -0.3 is 0 Å². The number of pyridine rings is 1. The second-order valence-electron chi connectivity index (χ2n) is 7.97. The molecule has 2 unspecified atom stereocenters. The van der Waals surface area contributed by atoms with E-state index in [-0.39, 0.29) is 0 Å². The number of rotatable bonds is 3. The topological polar surface area (TPSA) is 3.88 Å². The van der Waals surface area contributed by atoms with E-state index in [1.807, 2.05) is 0 Å². The van der Waals surface area contributed by atoms with E-state index in [0.29, 0.717) is 17.8 Å². The molecule has 0 bridgehead atoms. The van der Waals surface area contributed by atoms with Crippen LogP contribution in [-0.2, 0) is 13.5 Å². The summed E-state index contributed by atoms with van der Waals surface area (Å²) < 4.78 is 2.30. The Labute approximate surface area is 141 Å². The lowest BCUT2D eigenvalue weighted by Crippen LogP contribution is -2.31. The molecule has 0 fully saturated rings. The quantitative estimate of drug-likeness (QED) is 0.678. The normalized spacial score (nSPS) is 20.1. The molecule has 0 saturated carbocycles. The maximum atomic E-state index is 2.45. The Balaban J connectivity index is 2.04. The third-order valence-corrected chi connectivity index (χ3v) is 5.31. The van der Waals surface area contributed by atoms with Crippen molar-refractivity contribution in [3.8, 4) is 11.3 Å². The maximum Gasteiger partial charge on any atom is 0.212 e. The Morgan fingerprint density at radius 1 is 1.09 bits per heavy atom. The van der Waals surface area contributed by atoms with Crippen molar-refractivity contribution in [2.24, 2.45) is 13.0 Å². The highest BCUT2D eigenvalue weighted by Gasteiger charge is 2.27. The molecule has 2 aromatic rings. The van der Waals surface area contributed by atoms with Crippen LogP contribution in [0, 0.1) is 12.8 Å². The average Bonchev–Trinajstić information content (AvgIpc) is 2.72. The van der Waals surface area contributed by atoms with Crippen LogP contribution in [0.15, 0.2) is 30.5 Å². The van der Waals surface area contributed by atoms with Gasteiger partial charge in [-0.2, -0.15) is 0 Å². The molecule has 23 heavy (non-hydrogen) atoms. The fourth-order valence-corrected chi connectivity index (χ4v) is 4.20. The first-order valence-corrected chi connectivity index (χ1v) is 9.00. The van der Waals surface area contributed by atoms with Gasteiger partial charge in [-0.25, -0.2) is 4.57 Å². The van der Waals surface area contributed by atoms with Crippen LogP contribution in [0.5, 0.6) is 0 Å².